The van der Waals surface area contributed by atoms with E-state index in [4.69, 9.17) is 12.2 Å². The van der Waals surface area contributed by atoms with Gasteiger partial charge in [-0.1, -0.05) is 12.2 Å². The lowest BCUT2D eigenvalue weighted by molar-refractivity contribution is 0.983. The lowest BCUT2D eigenvalue weighted by Crippen LogP contribution is -1.98. The molecule has 0 fully saturated rings. The fourth-order valence-corrected chi connectivity index (χ4v) is 1.80. The molecule has 3 nitrogen and oxygen atoms in total. The third kappa shape index (κ3) is 1.76. The van der Waals surface area contributed by atoms with E-state index in [1.165, 1.54) is 0 Å². The summed E-state index contributed by atoms with van der Waals surface area (Å²) < 4.78 is 0.697. The van der Waals surface area contributed by atoms with Crippen LogP contribution in [0.25, 0.3) is 11.3 Å². The Kier molecular flexibility index (Phi) is 2.83. The van der Waals surface area contributed by atoms with E-state index in [-0.39, 0.29) is 0 Å². The number of nitrogens with one attached hydrogen (secondary N) is 1. The third-order valence-corrected chi connectivity index (χ3v) is 3.22. The third-order valence-electron chi connectivity index (χ3n) is 2.82. The summed E-state index contributed by atoms with van der Waals surface area (Å²) in [7, 11) is 0. The van der Waals surface area contributed by atoms with Gasteiger partial charge in [-0.05, 0) is 43.5 Å². The Morgan fingerprint density at radius 3 is 2.62 bits per heavy atom. The lowest BCUT2D eigenvalue weighted by Gasteiger charge is -2.09. The van der Waals surface area contributed by atoms with Gasteiger partial charge in [0.25, 0.3) is 0 Å². The summed E-state index contributed by atoms with van der Waals surface area (Å²) in [5.74, 6) is 0. The normalized spacial score (nSPS) is 10.4. The summed E-state index contributed by atoms with van der Waals surface area (Å²) in [4.78, 5) is 4.14. The fraction of sp³-hybridized carbons (Fsp3) is 0.250. The van der Waals surface area contributed by atoms with Crippen LogP contribution in [-0.4, -0.2) is 15.2 Å². The highest BCUT2D eigenvalue weighted by Crippen LogP contribution is 2.24. The summed E-state index contributed by atoms with van der Waals surface area (Å²) in [6.07, 6.45) is 3.62. The molecular weight excluding hydrogens is 218 g/mol. The van der Waals surface area contributed by atoms with Gasteiger partial charge in [0, 0.05) is 18.0 Å². The molecule has 1 N–H and O–H groups in total. The van der Waals surface area contributed by atoms with Crippen molar-refractivity contribution in [3.63, 3.8) is 0 Å². The van der Waals surface area contributed by atoms with Crippen molar-refractivity contribution in [2.45, 2.75) is 20.8 Å². The zero-order valence-electron chi connectivity index (χ0n) is 9.53. The highest BCUT2D eigenvalue weighted by molar-refractivity contribution is 7.71. The molecule has 0 saturated heterocycles. The molecule has 0 unspecified atom stereocenters. The number of aromatic nitrogens is 3. The molecule has 0 spiro atoms. The van der Waals surface area contributed by atoms with Crippen LogP contribution >= 0.6 is 12.2 Å². The van der Waals surface area contributed by atoms with Gasteiger partial charge in [0.2, 0.25) is 0 Å². The van der Waals surface area contributed by atoms with Crippen LogP contribution in [-0.2, 0) is 0 Å². The van der Waals surface area contributed by atoms with Crippen LogP contribution in [0.3, 0.4) is 0 Å². The van der Waals surface area contributed by atoms with Gasteiger partial charge in [-0.3, -0.25) is 10.1 Å². The van der Waals surface area contributed by atoms with Gasteiger partial charge in [0.1, 0.15) is 4.64 Å². The highest BCUT2D eigenvalue weighted by Gasteiger charge is 2.09. The molecule has 0 radical (unpaired) electrons. The minimum atomic E-state index is 0.697. The molecule has 2 rings (SSSR count). The van der Waals surface area contributed by atoms with Gasteiger partial charge in [-0.15, -0.1) is 0 Å². The first-order valence-electron chi connectivity index (χ1n) is 5.08. The van der Waals surface area contributed by atoms with E-state index in [1.807, 2.05) is 26.1 Å². The van der Waals surface area contributed by atoms with Crippen molar-refractivity contribution in [2.24, 2.45) is 0 Å². The Morgan fingerprint density at radius 1 is 1.19 bits per heavy atom. The minimum Gasteiger partial charge on any atom is -0.267 e. The summed E-state index contributed by atoms with van der Waals surface area (Å²) in [5, 5.41) is 7.17. The number of aryl methyl sites for hydroxylation is 1. The van der Waals surface area contributed by atoms with Crippen molar-refractivity contribution in [3.05, 3.63) is 39.8 Å². The molecule has 0 aliphatic rings. The van der Waals surface area contributed by atoms with E-state index < -0.39 is 0 Å². The molecule has 0 aliphatic carbocycles. The molecule has 0 atom stereocenters. The molecule has 0 aromatic carbocycles. The molecule has 2 heterocycles. The molecule has 0 saturated carbocycles. The first-order valence-corrected chi connectivity index (χ1v) is 5.49. The van der Waals surface area contributed by atoms with Crippen molar-refractivity contribution in [2.75, 3.05) is 0 Å². The standard InChI is InChI=1S/C12H13N3S/c1-7-4-5-13-6-10(7)11-8(2)9(3)12(16)15-14-11/h4-6H,1-3H3,(H,15,16). The largest absolute Gasteiger partial charge is 0.267 e. The Bertz CT molecular complexity index is 587. The quantitative estimate of drug-likeness (QED) is 0.767. The van der Waals surface area contributed by atoms with E-state index in [9.17, 15) is 0 Å². The van der Waals surface area contributed by atoms with E-state index in [0.717, 1.165) is 27.9 Å². The highest BCUT2D eigenvalue weighted by atomic mass is 32.1. The topological polar surface area (TPSA) is 41.6 Å². The molecular formula is C12H13N3S. The summed E-state index contributed by atoms with van der Waals surface area (Å²) in [6, 6.07) is 1.98. The number of hydrogen-bond donors (Lipinski definition) is 1. The molecule has 0 amide bonds. The second-order valence-corrected chi connectivity index (χ2v) is 4.25. The Balaban J connectivity index is 2.71. The predicted octanol–water partition coefficient (Wildman–Crippen LogP) is 3.13. The maximum absolute atomic E-state index is 5.15. The van der Waals surface area contributed by atoms with Crippen LogP contribution in [0.5, 0.6) is 0 Å². The molecule has 4 heteroatoms. The summed E-state index contributed by atoms with van der Waals surface area (Å²) in [5.41, 5.74) is 5.32. The van der Waals surface area contributed by atoms with Crippen molar-refractivity contribution < 1.29 is 0 Å². The van der Waals surface area contributed by atoms with Crippen LogP contribution in [0.1, 0.15) is 16.7 Å². The Morgan fingerprint density at radius 2 is 1.94 bits per heavy atom. The predicted molar refractivity (Wildman–Crippen MR) is 66.9 cm³/mol. The molecule has 16 heavy (non-hydrogen) atoms. The number of nitrogens with zero attached hydrogens (tertiary/aromatic N) is 2. The van der Waals surface area contributed by atoms with Gasteiger partial charge in [-0.2, -0.15) is 5.10 Å². The van der Waals surface area contributed by atoms with Crippen LogP contribution in [0.4, 0.5) is 0 Å². The minimum absolute atomic E-state index is 0.697. The van der Waals surface area contributed by atoms with Crippen LogP contribution < -0.4 is 0 Å². The fourth-order valence-electron chi connectivity index (χ4n) is 1.60. The smallest absolute Gasteiger partial charge is 0.122 e. The summed E-state index contributed by atoms with van der Waals surface area (Å²) in [6.45, 7) is 6.09. The van der Waals surface area contributed by atoms with Crippen LogP contribution in [0, 0.1) is 25.4 Å². The van der Waals surface area contributed by atoms with E-state index in [2.05, 4.69) is 22.1 Å². The number of hydrogen-bond acceptors (Lipinski definition) is 3. The molecule has 0 bridgehead atoms. The zero-order valence-corrected chi connectivity index (χ0v) is 10.4. The number of aromatic amines is 1. The van der Waals surface area contributed by atoms with E-state index in [0.29, 0.717) is 4.64 Å². The van der Waals surface area contributed by atoms with Crippen molar-refractivity contribution in [1.29, 1.82) is 0 Å². The van der Waals surface area contributed by atoms with Gasteiger partial charge >= 0.3 is 0 Å². The summed E-state index contributed by atoms with van der Waals surface area (Å²) >= 11 is 5.15. The first-order chi connectivity index (χ1) is 7.61. The maximum atomic E-state index is 5.15. The second-order valence-electron chi connectivity index (χ2n) is 3.84. The number of pyridine rings is 1. The number of H-pyrrole nitrogens is 1. The maximum Gasteiger partial charge on any atom is 0.122 e. The monoisotopic (exact) mass is 231 g/mol. The molecule has 2 aromatic rings. The average molecular weight is 231 g/mol. The van der Waals surface area contributed by atoms with Crippen LogP contribution in [0.2, 0.25) is 0 Å². The Labute approximate surface area is 99.6 Å². The van der Waals surface area contributed by atoms with Crippen LogP contribution in [0.15, 0.2) is 18.5 Å². The number of rotatable bonds is 1. The van der Waals surface area contributed by atoms with Gasteiger partial charge in [-0.25, -0.2) is 0 Å². The molecule has 0 aliphatic heterocycles. The Hall–Kier alpha value is -1.55. The molecule has 2 aromatic heterocycles. The van der Waals surface area contributed by atoms with Gasteiger partial charge in [0.15, 0.2) is 0 Å². The van der Waals surface area contributed by atoms with Crippen molar-refractivity contribution in [1.82, 2.24) is 15.2 Å². The molecule has 82 valence electrons. The van der Waals surface area contributed by atoms with E-state index >= 15 is 0 Å². The zero-order chi connectivity index (χ0) is 11.7. The lowest BCUT2D eigenvalue weighted by atomic mass is 10.0. The van der Waals surface area contributed by atoms with Gasteiger partial charge in [0.05, 0.1) is 5.69 Å². The van der Waals surface area contributed by atoms with E-state index in [1.54, 1.807) is 6.20 Å². The van der Waals surface area contributed by atoms with Crippen molar-refractivity contribution in [3.8, 4) is 11.3 Å². The first kappa shape index (κ1) is 11.0. The second kappa shape index (κ2) is 4.14. The van der Waals surface area contributed by atoms with Gasteiger partial charge < -0.3 is 0 Å². The average Bonchev–Trinajstić information content (AvgIpc) is 2.28. The SMILES string of the molecule is Cc1ccncc1-c1n[nH]c(=S)c(C)c1C. The van der Waals surface area contributed by atoms with Crippen molar-refractivity contribution >= 4 is 12.2 Å².